The van der Waals surface area contributed by atoms with Crippen molar-refractivity contribution in [1.82, 2.24) is 5.43 Å². The number of benzene rings is 1. The molecule has 0 spiro atoms. The van der Waals surface area contributed by atoms with Gasteiger partial charge in [-0.25, -0.2) is 0 Å². The maximum Gasteiger partial charge on any atom is 0.122 e. The molecule has 1 fully saturated rings. The SMILES string of the molecule is NNC(c1ccc2c(c1)CCO2)C1CCCC1. The first-order valence-electron chi connectivity index (χ1n) is 6.60. The molecular formula is C14H20N2O. The van der Waals surface area contributed by atoms with Gasteiger partial charge in [-0.2, -0.15) is 0 Å². The monoisotopic (exact) mass is 232 g/mol. The zero-order chi connectivity index (χ0) is 11.7. The molecule has 3 N–H and O–H groups in total. The van der Waals surface area contributed by atoms with Crippen molar-refractivity contribution in [3.8, 4) is 5.75 Å². The van der Waals surface area contributed by atoms with Gasteiger partial charge in [0.15, 0.2) is 0 Å². The van der Waals surface area contributed by atoms with E-state index in [1.54, 1.807) is 0 Å². The van der Waals surface area contributed by atoms with E-state index < -0.39 is 0 Å². The Morgan fingerprint density at radius 3 is 2.88 bits per heavy atom. The standard InChI is InChI=1S/C14H20N2O/c15-16-14(10-3-1-2-4-10)12-5-6-13-11(9-12)7-8-17-13/h5-6,9-10,14,16H,1-4,7-8,15H2. The molecular weight excluding hydrogens is 212 g/mol. The summed E-state index contributed by atoms with van der Waals surface area (Å²) in [5, 5.41) is 0. The van der Waals surface area contributed by atoms with Crippen molar-refractivity contribution in [3.05, 3.63) is 29.3 Å². The number of nitrogens with one attached hydrogen (secondary N) is 1. The molecule has 17 heavy (non-hydrogen) atoms. The van der Waals surface area contributed by atoms with E-state index in [-0.39, 0.29) is 0 Å². The summed E-state index contributed by atoms with van der Waals surface area (Å²) in [6, 6.07) is 6.83. The summed E-state index contributed by atoms with van der Waals surface area (Å²) in [6.07, 6.45) is 6.31. The average Bonchev–Trinajstić information content (AvgIpc) is 2.99. The van der Waals surface area contributed by atoms with Crippen molar-refractivity contribution < 1.29 is 4.74 Å². The third kappa shape index (κ3) is 2.05. The van der Waals surface area contributed by atoms with Crippen molar-refractivity contribution in [2.24, 2.45) is 11.8 Å². The number of hydrogen-bond donors (Lipinski definition) is 2. The second-order valence-corrected chi connectivity index (χ2v) is 5.15. The van der Waals surface area contributed by atoms with Crippen molar-refractivity contribution in [3.63, 3.8) is 0 Å². The summed E-state index contributed by atoms with van der Waals surface area (Å²) in [7, 11) is 0. The minimum absolute atomic E-state index is 0.309. The molecule has 1 atom stereocenters. The molecule has 0 radical (unpaired) electrons. The predicted octanol–water partition coefficient (Wildman–Crippen LogP) is 2.32. The van der Waals surface area contributed by atoms with Gasteiger partial charge in [0.2, 0.25) is 0 Å². The van der Waals surface area contributed by atoms with E-state index in [9.17, 15) is 0 Å². The summed E-state index contributed by atoms with van der Waals surface area (Å²) in [6.45, 7) is 0.822. The van der Waals surface area contributed by atoms with Crippen LogP contribution in [-0.2, 0) is 6.42 Å². The summed E-state index contributed by atoms with van der Waals surface area (Å²) < 4.78 is 5.54. The molecule has 3 nitrogen and oxygen atoms in total. The summed E-state index contributed by atoms with van der Waals surface area (Å²) in [5.74, 6) is 7.50. The van der Waals surface area contributed by atoms with Crippen molar-refractivity contribution in [2.75, 3.05) is 6.61 Å². The highest BCUT2D eigenvalue weighted by molar-refractivity contribution is 5.41. The van der Waals surface area contributed by atoms with Crippen LogP contribution < -0.4 is 16.0 Å². The van der Waals surface area contributed by atoms with Gasteiger partial charge in [-0.05, 0) is 36.0 Å². The van der Waals surface area contributed by atoms with Crippen LogP contribution in [0.5, 0.6) is 5.75 Å². The molecule has 92 valence electrons. The van der Waals surface area contributed by atoms with Gasteiger partial charge >= 0.3 is 0 Å². The highest BCUT2D eigenvalue weighted by Crippen LogP contribution is 2.37. The van der Waals surface area contributed by atoms with Gasteiger partial charge in [0.25, 0.3) is 0 Å². The first kappa shape index (κ1) is 11.1. The predicted molar refractivity (Wildman–Crippen MR) is 67.7 cm³/mol. The minimum Gasteiger partial charge on any atom is -0.493 e. The van der Waals surface area contributed by atoms with Crippen LogP contribution >= 0.6 is 0 Å². The largest absolute Gasteiger partial charge is 0.493 e. The smallest absolute Gasteiger partial charge is 0.122 e. The lowest BCUT2D eigenvalue weighted by molar-refractivity contribution is 0.356. The van der Waals surface area contributed by atoms with Crippen LogP contribution in [0, 0.1) is 5.92 Å². The number of rotatable bonds is 3. The van der Waals surface area contributed by atoms with Crippen LogP contribution in [0.3, 0.4) is 0 Å². The fourth-order valence-electron chi connectivity index (χ4n) is 3.20. The van der Waals surface area contributed by atoms with Gasteiger partial charge in [-0.1, -0.05) is 25.0 Å². The Bertz CT molecular complexity index is 399. The van der Waals surface area contributed by atoms with E-state index in [4.69, 9.17) is 10.6 Å². The summed E-state index contributed by atoms with van der Waals surface area (Å²) in [4.78, 5) is 0. The van der Waals surface area contributed by atoms with E-state index in [0.29, 0.717) is 12.0 Å². The van der Waals surface area contributed by atoms with E-state index in [0.717, 1.165) is 18.8 Å². The molecule has 1 aliphatic carbocycles. The maximum absolute atomic E-state index is 5.75. The van der Waals surface area contributed by atoms with Gasteiger partial charge in [0, 0.05) is 12.5 Å². The lowest BCUT2D eigenvalue weighted by Gasteiger charge is -2.23. The number of ether oxygens (including phenoxy) is 1. The van der Waals surface area contributed by atoms with Gasteiger partial charge in [0.1, 0.15) is 5.75 Å². The van der Waals surface area contributed by atoms with Crippen LogP contribution in [0.2, 0.25) is 0 Å². The van der Waals surface area contributed by atoms with Gasteiger partial charge in [-0.15, -0.1) is 0 Å². The van der Waals surface area contributed by atoms with E-state index in [1.807, 2.05) is 0 Å². The average molecular weight is 232 g/mol. The zero-order valence-electron chi connectivity index (χ0n) is 10.1. The van der Waals surface area contributed by atoms with Gasteiger partial charge in [0.05, 0.1) is 6.61 Å². The molecule has 0 saturated heterocycles. The minimum atomic E-state index is 0.309. The highest BCUT2D eigenvalue weighted by Gasteiger charge is 2.26. The quantitative estimate of drug-likeness (QED) is 0.621. The van der Waals surface area contributed by atoms with Crippen LogP contribution in [-0.4, -0.2) is 6.61 Å². The van der Waals surface area contributed by atoms with E-state index in [1.165, 1.54) is 36.8 Å². The molecule has 1 aliphatic heterocycles. The summed E-state index contributed by atoms with van der Waals surface area (Å²) >= 11 is 0. The maximum atomic E-state index is 5.75. The molecule has 3 heteroatoms. The fraction of sp³-hybridized carbons (Fsp3) is 0.571. The molecule has 1 aromatic rings. The van der Waals surface area contributed by atoms with Crippen molar-refractivity contribution in [2.45, 2.75) is 38.1 Å². The molecule has 1 aromatic carbocycles. The molecule has 0 amide bonds. The first-order chi connectivity index (χ1) is 8.38. The Balaban J connectivity index is 1.85. The normalized spacial score (nSPS) is 21.2. The number of fused-ring (bicyclic) bond motifs is 1. The second kappa shape index (κ2) is 4.67. The Morgan fingerprint density at radius 2 is 2.12 bits per heavy atom. The summed E-state index contributed by atoms with van der Waals surface area (Å²) in [5.41, 5.74) is 5.67. The molecule has 2 aliphatic rings. The van der Waals surface area contributed by atoms with Crippen LogP contribution in [0.25, 0.3) is 0 Å². The van der Waals surface area contributed by atoms with Gasteiger partial charge in [-0.3, -0.25) is 11.3 Å². The van der Waals surface area contributed by atoms with Gasteiger partial charge < -0.3 is 4.74 Å². The van der Waals surface area contributed by atoms with Crippen LogP contribution in [0.1, 0.15) is 42.9 Å². The molecule has 1 saturated carbocycles. The second-order valence-electron chi connectivity index (χ2n) is 5.15. The molecule has 0 bridgehead atoms. The lowest BCUT2D eigenvalue weighted by Crippen LogP contribution is -2.32. The molecule has 1 unspecified atom stereocenters. The zero-order valence-corrected chi connectivity index (χ0v) is 10.1. The molecule has 1 heterocycles. The van der Waals surface area contributed by atoms with Crippen molar-refractivity contribution >= 4 is 0 Å². The van der Waals surface area contributed by atoms with Crippen LogP contribution in [0.15, 0.2) is 18.2 Å². The Labute approximate surface area is 102 Å². The molecule has 0 aromatic heterocycles. The Morgan fingerprint density at radius 1 is 1.29 bits per heavy atom. The number of hydrazine groups is 1. The first-order valence-corrected chi connectivity index (χ1v) is 6.60. The Kier molecular flexibility index (Phi) is 3.04. The third-order valence-corrected chi connectivity index (χ3v) is 4.12. The lowest BCUT2D eigenvalue weighted by atomic mass is 9.91. The third-order valence-electron chi connectivity index (χ3n) is 4.12. The Hall–Kier alpha value is -1.06. The fourth-order valence-corrected chi connectivity index (χ4v) is 3.20. The molecule has 3 rings (SSSR count). The number of hydrogen-bond acceptors (Lipinski definition) is 3. The van der Waals surface area contributed by atoms with E-state index >= 15 is 0 Å². The van der Waals surface area contributed by atoms with Crippen molar-refractivity contribution in [1.29, 1.82) is 0 Å². The highest BCUT2D eigenvalue weighted by atomic mass is 16.5. The van der Waals surface area contributed by atoms with Crippen LogP contribution in [0.4, 0.5) is 0 Å². The number of nitrogens with two attached hydrogens (primary N) is 1. The van der Waals surface area contributed by atoms with E-state index in [2.05, 4.69) is 23.6 Å². The topological polar surface area (TPSA) is 47.3 Å².